The lowest BCUT2D eigenvalue weighted by atomic mass is 10.0. The number of urea groups is 1. The SMILES string of the molecule is CC(NC(=O)c1ccc(-c2ccccc2)cc1)c1ccc(NC(N)=O)cc1. The number of benzene rings is 3. The number of rotatable bonds is 5. The van der Waals surface area contributed by atoms with Crippen LogP contribution in [0.2, 0.25) is 0 Å². The number of anilines is 1. The van der Waals surface area contributed by atoms with E-state index in [2.05, 4.69) is 10.6 Å². The smallest absolute Gasteiger partial charge is 0.316 e. The van der Waals surface area contributed by atoms with Gasteiger partial charge in [0, 0.05) is 11.3 Å². The zero-order chi connectivity index (χ0) is 19.2. The van der Waals surface area contributed by atoms with E-state index in [1.54, 1.807) is 12.1 Å². The maximum absolute atomic E-state index is 12.5. The van der Waals surface area contributed by atoms with E-state index in [4.69, 9.17) is 5.73 Å². The Balaban J connectivity index is 1.65. The summed E-state index contributed by atoms with van der Waals surface area (Å²) in [6.45, 7) is 1.91. The van der Waals surface area contributed by atoms with Crippen LogP contribution in [0, 0.1) is 0 Å². The Kier molecular flexibility index (Phi) is 5.52. The number of nitrogens with one attached hydrogen (secondary N) is 2. The van der Waals surface area contributed by atoms with Gasteiger partial charge in [0.15, 0.2) is 0 Å². The maximum Gasteiger partial charge on any atom is 0.316 e. The van der Waals surface area contributed by atoms with Crippen molar-refractivity contribution in [1.82, 2.24) is 5.32 Å². The van der Waals surface area contributed by atoms with Gasteiger partial charge in [-0.15, -0.1) is 0 Å². The van der Waals surface area contributed by atoms with E-state index in [0.29, 0.717) is 11.3 Å². The van der Waals surface area contributed by atoms with E-state index in [1.165, 1.54) is 0 Å². The van der Waals surface area contributed by atoms with Crippen LogP contribution in [0.5, 0.6) is 0 Å². The van der Waals surface area contributed by atoms with Gasteiger partial charge < -0.3 is 16.4 Å². The largest absolute Gasteiger partial charge is 0.351 e. The fourth-order valence-corrected chi connectivity index (χ4v) is 2.81. The first kappa shape index (κ1) is 18.2. The van der Waals surface area contributed by atoms with Crippen molar-refractivity contribution >= 4 is 17.6 Å². The van der Waals surface area contributed by atoms with Gasteiger partial charge in [0.05, 0.1) is 6.04 Å². The lowest BCUT2D eigenvalue weighted by molar-refractivity contribution is 0.0940. The van der Waals surface area contributed by atoms with Crippen molar-refractivity contribution < 1.29 is 9.59 Å². The van der Waals surface area contributed by atoms with E-state index < -0.39 is 6.03 Å². The minimum Gasteiger partial charge on any atom is -0.351 e. The van der Waals surface area contributed by atoms with Gasteiger partial charge in [-0.1, -0.05) is 54.6 Å². The van der Waals surface area contributed by atoms with Crippen LogP contribution in [0.15, 0.2) is 78.9 Å². The highest BCUT2D eigenvalue weighted by atomic mass is 16.2. The highest BCUT2D eigenvalue weighted by Gasteiger charge is 2.12. The van der Waals surface area contributed by atoms with Crippen LogP contribution in [0.4, 0.5) is 10.5 Å². The molecule has 3 aromatic carbocycles. The van der Waals surface area contributed by atoms with Crippen LogP contribution in [-0.2, 0) is 0 Å². The van der Waals surface area contributed by atoms with Crippen molar-refractivity contribution in [2.45, 2.75) is 13.0 Å². The molecule has 0 bridgehead atoms. The highest BCUT2D eigenvalue weighted by molar-refractivity contribution is 5.95. The molecule has 3 amide bonds. The second kappa shape index (κ2) is 8.19. The van der Waals surface area contributed by atoms with Crippen molar-refractivity contribution in [1.29, 1.82) is 0 Å². The molecular weight excluding hydrogens is 338 g/mol. The molecule has 1 atom stereocenters. The molecule has 1 unspecified atom stereocenters. The van der Waals surface area contributed by atoms with E-state index in [9.17, 15) is 9.59 Å². The van der Waals surface area contributed by atoms with Gasteiger partial charge in [0.2, 0.25) is 0 Å². The van der Waals surface area contributed by atoms with Crippen molar-refractivity contribution in [2.75, 3.05) is 5.32 Å². The van der Waals surface area contributed by atoms with Crippen LogP contribution >= 0.6 is 0 Å². The fraction of sp³-hybridized carbons (Fsp3) is 0.0909. The normalized spacial score (nSPS) is 11.4. The van der Waals surface area contributed by atoms with E-state index in [0.717, 1.165) is 16.7 Å². The van der Waals surface area contributed by atoms with Crippen LogP contribution in [0.1, 0.15) is 28.9 Å². The third kappa shape index (κ3) is 4.73. The molecule has 0 aliphatic rings. The Morgan fingerprint density at radius 2 is 1.41 bits per heavy atom. The van der Waals surface area contributed by atoms with Gasteiger partial charge in [-0.2, -0.15) is 0 Å². The summed E-state index contributed by atoms with van der Waals surface area (Å²) in [6, 6.07) is 24.0. The van der Waals surface area contributed by atoms with Crippen molar-refractivity contribution in [3.05, 3.63) is 90.0 Å². The van der Waals surface area contributed by atoms with E-state index >= 15 is 0 Å². The van der Waals surface area contributed by atoms with Gasteiger partial charge in [0.25, 0.3) is 5.91 Å². The number of hydrogen-bond acceptors (Lipinski definition) is 2. The molecule has 0 saturated heterocycles. The van der Waals surface area contributed by atoms with Gasteiger partial charge >= 0.3 is 6.03 Å². The molecule has 0 aromatic heterocycles. The summed E-state index contributed by atoms with van der Waals surface area (Å²) in [4.78, 5) is 23.4. The Labute approximate surface area is 158 Å². The number of amides is 3. The first-order valence-electron chi connectivity index (χ1n) is 8.66. The number of primary amides is 1. The Morgan fingerprint density at radius 3 is 2.00 bits per heavy atom. The molecule has 0 heterocycles. The number of hydrogen-bond donors (Lipinski definition) is 3. The highest BCUT2D eigenvalue weighted by Crippen LogP contribution is 2.20. The summed E-state index contributed by atoms with van der Waals surface area (Å²) in [5, 5.41) is 5.49. The van der Waals surface area contributed by atoms with Gasteiger partial charge in [-0.25, -0.2) is 4.79 Å². The Morgan fingerprint density at radius 1 is 0.815 bits per heavy atom. The van der Waals surface area contributed by atoms with Crippen LogP contribution < -0.4 is 16.4 Å². The molecule has 0 aliphatic heterocycles. The van der Waals surface area contributed by atoms with Crippen LogP contribution in [0.25, 0.3) is 11.1 Å². The molecule has 0 radical (unpaired) electrons. The molecule has 136 valence electrons. The predicted octanol–water partition coefficient (Wildman–Crippen LogP) is 4.34. The number of carbonyl (C=O) groups is 2. The summed E-state index contributed by atoms with van der Waals surface area (Å²) in [6.07, 6.45) is 0. The van der Waals surface area contributed by atoms with Crippen molar-refractivity contribution in [3.8, 4) is 11.1 Å². The monoisotopic (exact) mass is 359 g/mol. The minimum atomic E-state index is -0.608. The van der Waals surface area contributed by atoms with Crippen LogP contribution in [-0.4, -0.2) is 11.9 Å². The third-order valence-electron chi connectivity index (χ3n) is 4.28. The van der Waals surface area contributed by atoms with Crippen molar-refractivity contribution in [3.63, 3.8) is 0 Å². The first-order chi connectivity index (χ1) is 13.0. The van der Waals surface area contributed by atoms with E-state index in [1.807, 2.05) is 73.7 Å². The zero-order valence-corrected chi connectivity index (χ0v) is 15.0. The summed E-state index contributed by atoms with van der Waals surface area (Å²) >= 11 is 0. The lowest BCUT2D eigenvalue weighted by Gasteiger charge is -2.15. The first-order valence-corrected chi connectivity index (χ1v) is 8.66. The summed E-state index contributed by atoms with van der Waals surface area (Å²) in [5.41, 5.74) is 9.42. The average molecular weight is 359 g/mol. The Bertz CT molecular complexity index is 920. The molecule has 3 rings (SSSR count). The standard InChI is InChI=1S/C22H21N3O2/c1-15(16-11-13-20(14-12-16)25-22(23)27)24-21(26)19-9-7-18(8-10-19)17-5-3-2-4-6-17/h2-15H,1H3,(H,24,26)(H3,23,25,27). The summed E-state index contributed by atoms with van der Waals surface area (Å²) in [7, 11) is 0. The fourth-order valence-electron chi connectivity index (χ4n) is 2.81. The number of carbonyl (C=O) groups excluding carboxylic acids is 2. The second-order valence-corrected chi connectivity index (χ2v) is 6.25. The number of nitrogens with two attached hydrogens (primary N) is 1. The lowest BCUT2D eigenvalue weighted by Crippen LogP contribution is -2.26. The van der Waals surface area contributed by atoms with E-state index in [-0.39, 0.29) is 11.9 Å². The maximum atomic E-state index is 12.5. The third-order valence-corrected chi connectivity index (χ3v) is 4.28. The van der Waals surface area contributed by atoms with Crippen LogP contribution in [0.3, 0.4) is 0 Å². The molecule has 0 fully saturated rings. The minimum absolute atomic E-state index is 0.138. The van der Waals surface area contributed by atoms with Gasteiger partial charge in [-0.05, 0) is 47.9 Å². The summed E-state index contributed by atoms with van der Waals surface area (Å²) in [5.74, 6) is -0.138. The molecule has 27 heavy (non-hydrogen) atoms. The van der Waals surface area contributed by atoms with Gasteiger partial charge in [0.1, 0.15) is 0 Å². The quantitative estimate of drug-likeness (QED) is 0.633. The van der Waals surface area contributed by atoms with Crippen molar-refractivity contribution in [2.24, 2.45) is 5.73 Å². The molecule has 5 heteroatoms. The second-order valence-electron chi connectivity index (χ2n) is 6.25. The molecule has 4 N–H and O–H groups in total. The molecule has 0 spiro atoms. The predicted molar refractivity (Wildman–Crippen MR) is 107 cm³/mol. The molecule has 3 aromatic rings. The molecular formula is C22H21N3O2. The molecule has 5 nitrogen and oxygen atoms in total. The molecule has 0 aliphatic carbocycles. The summed E-state index contributed by atoms with van der Waals surface area (Å²) < 4.78 is 0. The van der Waals surface area contributed by atoms with Gasteiger partial charge in [-0.3, -0.25) is 4.79 Å². The average Bonchev–Trinajstić information content (AvgIpc) is 2.69. The topological polar surface area (TPSA) is 84.2 Å². The zero-order valence-electron chi connectivity index (χ0n) is 15.0. The molecule has 0 saturated carbocycles. The Hall–Kier alpha value is -3.60.